The molecule has 0 saturated heterocycles. The van der Waals surface area contributed by atoms with Gasteiger partial charge in [-0.1, -0.05) is 13.3 Å². The van der Waals surface area contributed by atoms with Gasteiger partial charge in [0.05, 0.1) is 7.85 Å². The first-order valence-corrected chi connectivity index (χ1v) is 4.45. The molecule has 0 bridgehead atoms. The lowest BCUT2D eigenvalue weighted by atomic mass is 9.67. The van der Waals surface area contributed by atoms with Crippen molar-refractivity contribution in [2.75, 3.05) is 6.54 Å². The van der Waals surface area contributed by atoms with E-state index in [1.807, 2.05) is 0 Å². The summed E-state index contributed by atoms with van der Waals surface area (Å²) in [4.78, 5) is 0. The summed E-state index contributed by atoms with van der Waals surface area (Å²) in [5, 5.41) is 3.38. The van der Waals surface area contributed by atoms with E-state index in [1.54, 1.807) is 0 Å². The number of rotatable bonds is 2. The molecule has 1 fully saturated rings. The van der Waals surface area contributed by atoms with Crippen LogP contribution in [-0.4, -0.2) is 25.9 Å². The Hall–Kier alpha value is -0.0151. The molecular weight excluding hydrogens is 135 g/mol. The van der Waals surface area contributed by atoms with Crippen molar-refractivity contribution in [3.05, 3.63) is 0 Å². The predicted octanol–water partition coefficient (Wildman–Crippen LogP) is 0.362. The maximum Gasteiger partial charge on any atom is 0.0951 e. The van der Waals surface area contributed by atoms with Gasteiger partial charge in [0.25, 0.3) is 0 Å². The molecule has 3 N–H and O–H groups in total. The molecule has 0 aromatic rings. The Kier molecular flexibility index (Phi) is 2.96. The van der Waals surface area contributed by atoms with Gasteiger partial charge in [-0.2, -0.15) is 0 Å². The first-order chi connectivity index (χ1) is 5.14. The van der Waals surface area contributed by atoms with Crippen LogP contribution in [-0.2, 0) is 0 Å². The molecule has 2 atom stereocenters. The smallest absolute Gasteiger partial charge is 0.0951 e. The zero-order valence-corrected chi connectivity index (χ0v) is 7.27. The molecule has 0 amide bonds. The molecule has 0 aromatic heterocycles. The number of nitrogens with two attached hydrogens (primary N) is 1. The summed E-state index contributed by atoms with van der Waals surface area (Å²) < 4.78 is 0. The van der Waals surface area contributed by atoms with Gasteiger partial charge in [-0.25, -0.2) is 0 Å². The van der Waals surface area contributed by atoms with Crippen LogP contribution in [0.4, 0.5) is 0 Å². The molecule has 2 radical (unpaired) electrons. The van der Waals surface area contributed by atoms with Crippen molar-refractivity contribution < 1.29 is 0 Å². The van der Waals surface area contributed by atoms with Crippen LogP contribution in [0.2, 0.25) is 0 Å². The lowest BCUT2D eigenvalue weighted by Gasteiger charge is -2.35. The van der Waals surface area contributed by atoms with Gasteiger partial charge >= 0.3 is 0 Å². The summed E-state index contributed by atoms with van der Waals surface area (Å²) in [6, 6.07) is 0.545. The SMILES string of the molecule is [B]C1(N)CCCC(NCC)C1. The Bertz CT molecular complexity index is 123. The first kappa shape index (κ1) is 9.08. The molecule has 2 nitrogen and oxygen atoms in total. The van der Waals surface area contributed by atoms with Gasteiger partial charge < -0.3 is 11.1 Å². The minimum absolute atomic E-state index is 0.412. The largest absolute Gasteiger partial charge is 0.333 e. The highest BCUT2D eigenvalue weighted by molar-refractivity contribution is 6.15. The molecule has 62 valence electrons. The Morgan fingerprint density at radius 2 is 2.45 bits per heavy atom. The first-order valence-electron chi connectivity index (χ1n) is 4.45. The highest BCUT2D eigenvalue weighted by Crippen LogP contribution is 2.23. The van der Waals surface area contributed by atoms with Crippen molar-refractivity contribution in [2.24, 2.45) is 5.73 Å². The zero-order chi connectivity index (χ0) is 8.32. The lowest BCUT2D eigenvalue weighted by molar-refractivity contribution is 0.316. The van der Waals surface area contributed by atoms with E-state index in [1.165, 1.54) is 6.42 Å². The van der Waals surface area contributed by atoms with Crippen LogP contribution in [0.3, 0.4) is 0 Å². The molecule has 0 aromatic carbocycles. The Morgan fingerprint density at radius 1 is 1.73 bits per heavy atom. The second-order valence-electron chi connectivity index (χ2n) is 3.58. The van der Waals surface area contributed by atoms with E-state index < -0.39 is 5.44 Å². The lowest BCUT2D eigenvalue weighted by Crippen LogP contribution is -2.50. The average Bonchev–Trinajstić information content (AvgIpc) is 1.85. The summed E-state index contributed by atoms with van der Waals surface area (Å²) >= 11 is 0. The van der Waals surface area contributed by atoms with Gasteiger partial charge in [0.2, 0.25) is 0 Å². The molecular formula is C8H17BN2. The van der Waals surface area contributed by atoms with E-state index in [2.05, 4.69) is 12.2 Å². The summed E-state index contributed by atoms with van der Waals surface area (Å²) in [7, 11) is 5.84. The van der Waals surface area contributed by atoms with E-state index in [9.17, 15) is 0 Å². The van der Waals surface area contributed by atoms with Crippen LogP contribution in [0.1, 0.15) is 32.6 Å². The third-order valence-electron chi connectivity index (χ3n) is 2.31. The summed E-state index contributed by atoms with van der Waals surface area (Å²) in [5.41, 5.74) is 5.42. The maximum atomic E-state index is 5.84. The summed E-state index contributed by atoms with van der Waals surface area (Å²) in [5.74, 6) is 0. The van der Waals surface area contributed by atoms with Crippen molar-refractivity contribution in [1.29, 1.82) is 0 Å². The van der Waals surface area contributed by atoms with Gasteiger partial charge in [0.15, 0.2) is 0 Å². The molecule has 1 saturated carbocycles. The van der Waals surface area contributed by atoms with Crippen molar-refractivity contribution in [3.8, 4) is 0 Å². The molecule has 1 aliphatic carbocycles. The van der Waals surface area contributed by atoms with E-state index in [-0.39, 0.29) is 0 Å². The number of hydrogen-bond donors (Lipinski definition) is 2. The summed E-state index contributed by atoms with van der Waals surface area (Å²) in [6.45, 7) is 3.13. The molecule has 2 unspecified atom stereocenters. The van der Waals surface area contributed by atoms with Gasteiger partial charge in [-0.15, -0.1) is 0 Å². The van der Waals surface area contributed by atoms with Crippen LogP contribution >= 0.6 is 0 Å². The highest BCUT2D eigenvalue weighted by atomic mass is 14.9. The average molecular weight is 152 g/mol. The minimum Gasteiger partial charge on any atom is -0.333 e. The predicted molar refractivity (Wildman–Crippen MR) is 48.6 cm³/mol. The molecule has 0 spiro atoms. The van der Waals surface area contributed by atoms with Crippen molar-refractivity contribution in [3.63, 3.8) is 0 Å². The Balaban J connectivity index is 2.34. The Labute approximate surface area is 70.3 Å². The van der Waals surface area contributed by atoms with E-state index in [0.29, 0.717) is 6.04 Å². The fraction of sp³-hybridized carbons (Fsp3) is 1.00. The third-order valence-corrected chi connectivity index (χ3v) is 2.31. The quantitative estimate of drug-likeness (QED) is 0.560. The van der Waals surface area contributed by atoms with E-state index in [0.717, 1.165) is 25.8 Å². The van der Waals surface area contributed by atoms with Gasteiger partial charge in [-0.3, -0.25) is 0 Å². The van der Waals surface area contributed by atoms with E-state index in [4.69, 9.17) is 13.6 Å². The standard InChI is InChI=1S/C8H17BN2/c1-2-11-7-4-3-5-8(9,10)6-7/h7,11H,2-6,10H2,1H3. The molecule has 11 heavy (non-hydrogen) atoms. The van der Waals surface area contributed by atoms with Crippen LogP contribution in [0.25, 0.3) is 0 Å². The second-order valence-corrected chi connectivity index (χ2v) is 3.58. The fourth-order valence-electron chi connectivity index (χ4n) is 1.80. The van der Waals surface area contributed by atoms with Gasteiger partial charge in [0, 0.05) is 6.04 Å². The molecule has 0 aliphatic heterocycles. The summed E-state index contributed by atoms with van der Waals surface area (Å²) in [6.07, 6.45) is 4.27. The van der Waals surface area contributed by atoms with Crippen LogP contribution < -0.4 is 11.1 Å². The van der Waals surface area contributed by atoms with Gasteiger partial charge in [0.1, 0.15) is 0 Å². The van der Waals surface area contributed by atoms with Crippen LogP contribution in [0, 0.1) is 0 Å². The Morgan fingerprint density at radius 3 is 3.00 bits per heavy atom. The number of nitrogens with one attached hydrogen (secondary N) is 1. The van der Waals surface area contributed by atoms with Crippen molar-refractivity contribution in [1.82, 2.24) is 5.32 Å². The van der Waals surface area contributed by atoms with Crippen LogP contribution in [0.5, 0.6) is 0 Å². The van der Waals surface area contributed by atoms with E-state index >= 15 is 0 Å². The number of hydrogen-bond acceptors (Lipinski definition) is 2. The van der Waals surface area contributed by atoms with Gasteiger partial charge in [-0.05, 0) is 31.2 Å². The zero-order valence-electron chi connectivity index (χ0n) is 7.27. The minimum atomic E-state index is -0.412. The monoisotopic (exact) mass is 152 g/mol. The molecule has 1 rings (SSSR count). The van der Waals surface area contributed by atoms with Crippen molar-refractivity contribution >= 4 is 7.85 Å². The third kappa shape index (κ3) is 2.84. The highest BCUT2D eigenvalue weighted by Gasteiger charge is 2.26. The fourth-order valence-corrected chi connectivity index (χ4v) is 1.80. The topological polar surface area (TPSA) is 38.0 Å². The normalized spacial score (nSPS) is 38.9. The molecule has 1 aliphatic rings. The van der Waals surface area contributed by atoms with Crippen molar-refractivity contribution in [2.45, 2.75) is 44.1 Å². The van der Waals surface area contributed by atoms with Crippen LogP contribution in [0.15, 0.2) is 0 Å². The molecule has 0 heterocycles. The maximum absolute atomic E-state index is 5.84. The second kappa shape index (κ2) is 3.59. The molecule has 3 heteroatoms.